The van der Waals surface area contributed by atoms with Crippen molar-refractivity contribution in [1.82, 2.24) is 9.97 Å². The Hall–Kier alpha value is -0.430. The summed E-state index contributed by atoms with van der Waals surface area (Å²) >= 11 is 2.12. The lowest BCUT2D eigenvalue weighted by molar-refractivity contribution is 0.177. The predicted octanol–water partition coefficient (Wildman–Crippen LogP) is 1.12. The van der Waals surface area contributed by atoms with Gasteiger partial charge in [-0.15, -0.1) is 0 Å². The molecule has 0 fully saturated rings. The van der Waals surface area contributed by atoms with E-state index in [1.165, 1.54) is 0 Å². The Bertz CT molecular complexity index is 267. The molecule has 0 saturated heterocycles. The van der Waals surface area contributed by atoms with Crippen molar-refractivity contribution in [3.63, 3.8) is 0 Å². The summed E-state index contributed by atoms with van der Waals surface area (Å²) < 4.78 is 5.80. The fraction of sp³-hybridized carbons (Fsp3) is 0.429. The third kappa shape index (κ3) is 2.04. The number of nitrogens with two attached hydrogens (primary N) is 1. The van der Waals surface area contributed by atoms with Gasteiger partial charge in [-0.25, -0.2) is 9.97 Å². The van der Waals surface area contributed by atoms with Crippen molar-refractivity contribution in [3.05, 3.63) is 15.1 Å². The van der Waals surface area contributed by atoms with E-state index in [-0.39, 0.29) is 0 Å². The van der Waals surface area contributed by atoms with E-state index >= 15 is 0 Å². The molecule has 0 spiro atoms. The Balaban J connectivity index is 3.04. The van der Waals surface area contributed by atoms with Crippen molar-refractivity contribution < 1.29 is 4.74 Å². The Labute approximate surface area is 84.7 Å². The van der Waals surface area contributed by atoms with Gasteiger partial charge < -0.3 is 10.5 Å². The van der Waals surface area contributed by atoms with Crippen molar-refractivity contribution in [2.75, 3.05) is 12.8 Å². The van der Waals surface area contributed by atoms with Gasteiger partial charge in [0.25, 0.3) is 0 Å². The van der Waals surface area contributed by atoms with Crippen LogP contribution in [0.5, 0.6) is 0 Å². The second kappa shape index (κ2) is 3.99. The van der Waals surface area contributed by atoms with Crippen LogP contribution in [0, 0.1) is 10.5 Å². The number of methoxy groups -OCH3 is 1. The van der Waals surface area contributed by atoms with E-state index in [1.807, 2.05) is 6.92 Å². The number of nitrogen functional groups attached to an aromatic ring is 1. The van der Waals surface area contributed by atoms with Gasteiger partial charge in [0.2, 0.25) is 0 Å². The number of hydrogen-bond acceptors (Lipinski definition) is 4. The molecule has 66 valence electrons. The van der Waals surface area contributed by atoms with Crippen LogP contribution in [0.4, 0.5) is 5.82 Å². The topological polar surface area (TPSA) is 61.0 Å². The number of halogens is 1. The van der Waals surface area contributed by atoms with Gasteiger partial charge in [-0.3, -0.25) is 0 Å². The summed E-state index contributed by atoms with van der Waals surface area (Å²) in [5, 5.41) is 0. The van der Waals surface area contributed by atoms with Crippen LogP contribution >= 0.6 is 22.6 Å². The summed E-state index contributed by atoms with van der Waals surface area (Å²) in [5.41, 5.74) is 6.54. The minimum atomic E-state index is 0.405. The molecule has 0 aliphatic carbocycles. The van der Waals surface area contributed by atoms with Gasteiger partial charge in [0.05, 0.1) is 9.26 Å². The molecule has 0 aliphatic rings. The summed E-state index contributed by atoms with van der Waals surface area (Å²) in [4.78, 5) is 8.26. The Kier molecular flexibility index (Phi) is 3.21. The number of aromatic nitrogens is 2. The maximum Gasteiger partial charge on any atom is 0.156 e. The predicted molar refractivity (Wildman–Crippen MR) is 54.6 cm³/mol. The zero-order valence-electron chi connectivity index (χ0n) is 6.97. The minimum absolute atomic E-state index is 0.405. The average Bonchev–Trinajstić information content (AvgIpc) is 2.01. The number of ether oxygens (including phenoxy) is 1. The van der Waals surface area contributed by atoms with Gasteiger partial charge in [-0.2, -0.15) is 0 Å². The molecule has 1 aromatic heterocycles. The number of nitrogens with zero attached hydrogens (tertiary/aromatic N) is 2. The molecule has 2 N–H and O–H groups in total. The average molecular weight is 279 g/mol. The van der Waals surface area contributed by atoms with E-state index < -0.39 is 0 Å². The molecule has 0 aliphatic heterocycles. The smallest absolute Gasteiger partial charge is 0.156 e. The molecule has 0 radical (unpaired) electrons. The van der Waals surface area contributed by atoms with Gasteiger partial charge in [-0.1, -0.05) is 0 Å². The normalized spacial score (nSPS) is 10.2. The third-order valence-electron chi connectivity index (χ3n) is 1.36. The summed E-state index contributed by atoms with van der Waals surface area (Å²) in [6, 6.07) is 0. The SMILES string of the molecule is COCc1nc(C)c(I)c(N)n1. The van der Waals surface area contributed by atoms with Crippen molar-refractivity contribution in [2.24, 2.45) is 0 Å². The van der Waals surface area contributed by atoms with E-state index in [0.717, 1.165) is 9.26 Å². The van der Waals surface area contributed by atoms with Crippen LogP contribution in [0.2, 0.25) is 0 Å². The molecular weight excluding hydrogens is 269 g/mol. The highest BCUT2D eigenvalue weighted by atomic mass is 127. The molecule has 0 bridgehead atoms. The molecule has 0 saturated carbocycles. The Morgan fingerprint density at radius 2 is 2.17 bits per heavy atom. The molecule has 1 aromatic rings. The van der Waals surface area contributed by atoms with Crippen molar-refractivity contribution in [1.29, 1.82) is 0 Å². The first-order chi connectivity index (χ1) is 5.65. The van der Waals surface area contributed by atoms with Gasteiger partial charge >= 0.3 is 0 Å². The number of rotatable bonds is 2. The van der Waals surface area contributed by atoms with Crippen LogP contribution in [0.25, 0.3) is 0 Å². The van der Waals surface area contributed by atoms with Crippen LogP contribution in [0.3, 0.4) is 0 Å². The highest BCUT2D eigenvalue weighted by molar-refractivity contribution is 14.1. The first-order valence-electron chi connectivity index (χ1n) is 3.42. The van der Waals surface area contributed by atoms with Gasteiger partial charge in [0, 0.05) is 7.11 Å². The first kappa shape index (κ1) is 9.66. The molecule has 5 heteroatoms. The number of aryl methyl sites for hydroxylation is 1. The van der Waals surface area contributed by atoms with Gasteiger partial charge in [0.15, 0.2) is 5.82 Å². The van der Waals surface area contributed by atoms with Crippen molar-refractivity contribution in [3.8, 4) is 0 Å². The second-order valence-corrected chi connectivity index (χ2v) is 3.44. The first-order valence-corrected chi connectivity index (χ1v) is 4.50. The zero-order chi connectivity index (χ0) is 9.14. The Morgan fingerprint density at radius 3 is 2.67 bits per heavy atom. The highest BCUT2D eigenvalue weighted by Crippen LogP contribution is 2.15. The Morgan fingerprint density at radius 1 is 1.50 bits per heavy atom. The lowest BCUT2D eigenvalue weighted by Gasteiger charge is -2.04. The zero-order valence-corrected chi connectivity index (χ0v) is 9.12. The summed E-state index contributed by atoms with van der Waals surface area (Å²) in [6.07, 6.45) is 0. The van der Waals surface area contributed by atoms with Crippen LogP contribution in [0.1, 0.15) is 11.5 Å². The van der Waals surface area contributed by atoms with E-state index in [4.69, 9.17) is 10.5 Å². The molecule has 1 rings (SSSR count). The largest absolute Gasteiger partial charge is 0.383 e. The highest BCUT2D eigenvalue weighted by Gasteiger charge is 2.05. The van der Waals surface area contributed by atoms with E-state index in [1.54, 1.807) is 7.11 Å². The molecule has 0 aromatic carbocycles. The molecule has 12 heavy (non-hydrogen) atoms. The van der Waals surface area contributed by atoms with E-state index in [2.05, 4.69) is 32.6 Å². The van der Waals surface area contributed by atoms with Crippen LogP contribution in [-0.2, 0) is 11.3 Å². The number of anilines is 1. The molecule has 0 atom stereocenters. The maximum atomic E-state index is 5.64. The fourth-order valence-corrected chi connectivity index (χ4v) is 1.08. The summed E-state index contributed by atoms with van der Waals surface area (Å²) in [6.45, 7) is 2.31. The summed E-state index contributed by atoms with van der Waals surface area (Å²) in [5.74, 6) is 1.16. The quantitative estimate of drug-likeness (QED) is 0.824. The molecule has 0 amide bonds. The molecular formula is C7H10IN3O. The fourth-order valence-electron chi connectivity index (χ4n) is 0.835. The lowest BCUT2D eigenvalue weighted by atomic mass is 10.4. The number of hydrogen-bond donors (Lipinski definition) is 1. The maximum absolute atomic E-state index is 5.64. The monoisotopic (exact) mass is 279 g/mol. The summed E-state index contributed by atoms with van der Waals surface area (Å²) in [7, 11) is 1.60. The third-order valence-corrected chi connectivity index (χ3v) is 2.70. The van der Waals surface area contributed by atoms with E-state index in [9.17, 15) is 0 Å². The standard InChI is InChI=1S/C7H10IN3O/c1-4-6(8)7(9)11-5(10-4)3-12-2/h3H2,1-2H3,(H2,9,10,11). The minimum Gasteiger partial charge on any atom is -0.383 e. The van der Waals surface area contributed by atoms with Crippen molar-refractivity contribution in [2.45, 2.75) is 13.5 Å². The van der Waals surface area contributed by atoms with Crippen LogP contribution in [0.15, 0.2) is 0 Å². The van der Waals surface area contributed by atoms with Crippen LogP contribution in [-0.4, -0.2) is 17.1 Å². The van der Waals surface area contributed by atoms with Gasteiger partial charge in [0.1, 0.15) is 12.4 Å². The molecule has 1 heterocycles. The molecule has 0 unspecified atom stereocenters. The van der Waals surface area contributed by atoms with Crippen LogP contribution < -0.4 is 5.73 Å². The molecule has 4 nitrogen and oxygen atoms in total. The van der Waals surface area contributed by atoms with E-state index in [0.29, 0.717) is 18.2 Å². The van der Waals surface area contributed by atoms with Gasteiger partial charge in [-0.05, 0) is 29.5 Å². The second-order valence-electron chi connectivity index (χ2n) is 2.36. The van der Waals surface area contributed by atoms with Crippen molar-refractivity contribution >= 4 is 28.4 Å². The lowest BCUT2D eigenvalue weighted by Crippen LogP contribution is -2.05.